The van der Waals surface area contributed by atoms with E-state index in [4.69, 9.17) is 25.5 Å². The molecule has 32 heavy (non-hydrogen) atoms. The number of aromatic nitrogens is 2. The second-order valence-corrected chi connectivity index (χ2v) is 7.41. The second-order valence-electron chi connectivity index (χ2n) is 7.00. The van der Waals surface area contributed by atoms with Crippen molar-refractivity contribution in [2.45, 2.75) is 24.7 Å². The first-order valence-corrected chi connectivity index (χ1v) is 9.77. The Hall–Kier alpha value is -3.34. The van der Waals surface area contributed by atoms with Gasteiger partial charge in [0.1, 0.15) is 28.6 Å². The van der Waals surface area contributed by atoms with Crippen molar-refractivity contribution in [3.8, 4) is 11.5 Å². The molecule has 12 heteroatoms. The molecule has 1 aromatic carbocycles. The number of hydrogen-bond donors (Lipinski definition) is 2. The Balaban J connectivity index is 1.70. The molecule has 8 nitrogen and oxygen atoms in total. The van der Waals surface area contributed by atoms with Gasteiger partial charge in [-0.2, -0.15) is 18.3 Å². The molecule has 2 N–H and O–H groups in total. The van der Waals surface area contributed by atoms with Crippen LogP contribution >= 0.6 is 11.6 Å². The molecule has 0 spiro atoms. The van der Waals surface area contributed by atoms with Crippen LogP contribution < -0.4 is 20.1 Å². The van der Waals surface area contributed by atoms with Crippen molar-refractivity contribution in [1.82, 2.24) is 9.78 Å². The maximum Gasteiger partial charge on any atom is 0.410 e. The zero-order chi connectivity index (χ0) is 23.0. The fraction of sp³-hybridized carbons (Fsp3) is 0.300. The number of amides is 1. The molecule has 2 atom stereocenters. The number of rotatable bonds is 5. The van der Waals surface area contributed by atoms with Crippen LogP contribution in [0.3, 0.4) is 0 Å². The van der Waals surface area contributed by atoms with Crippen molar-refractivity contribution in [3.63, 3.8) is 0 Å². The Kier molecular flexibility index (Phi) is 5.68. The number of nitrogens with zero attached hydrogens (tertiary/aromatic N) is 2. The molecule has 3 aromatic rings. The van der Waals surface area contributed by atoms with E-state index in [1.54, 1.807) is 12.1 Å². The summed E-state index contributed by atoms with van der Waals surface area (Å²) in [6, 6.07) is 3.33. The van der Waals surface area contributed by atoms with E-state index in [0.717, 1.165) is 10.9 Å². The van der Waals surface area contributed by atoms with Crippen molar-refractivity contribution < 1.29 is 31.9 Å². The third kappa shape index (κ3) is 3.95. The van der Waals surface area contributed by atoms with Gasteiger partial charge in [-0.3, -0.25) is 4.79 Å². The molecule has 1 aliphatic rings. The Morgan fingerprint density at radius 1 is 1.31 bits per heavy atom. The third-order valence-corrected chi connectivity index (χ3v) is 5.39. The van der Waals surface area contributed by atoms with Crippen molar-refractivity contribution in [2.75, 3.05) is 24.9 Å². The van der Waals surface area contributed by atoms with Crippen LogP contribution in [0.1, 0.15) is 34.6 Å². The molecule has 0 saturated heterocycles. The molecule has 0 bridgehead atoms. The first-order valence-electron chi connectivity index (χ1n) is 9.40. The normalized spacial score (nSPS) is 17.9. The number of halogens is 4. The number of benzene rings is 1. The first kappa shape index (κ1) is 21.9. The van der Waals surface area contributed by atoms with E-state index < -0.39 is 24.2 Å². The molecule has 0 aliphatic carbocycles. The maximum absolute atomic E-state index is 13.7. The standard InChI is InChI=1S/C20H18ClF3N4O4/c1-30-15-7-12(16(31-2)6-11(15)21)27-19(29)10-9-25-28-17(20(22,23)24)8-13(26-18(10)28)14-4-3-5-32-14/h3-7,9,13,17,26H,8H2,1-2H3,(H,27,29)/t13-,17-/m1/s1. The van der Waals surface area contributed by atoms with Crippen LogP contribution in [0.2, 0.25) is 5.02 Å². The molecule has 170 valence electrons. The summed E-state index contributed by atoms with van der Waals surface area (Å²) in [5.74, 6) is 0.0923. The van der Waals surface area contributed by atoms with Gasteiger partial charge >= 0.3 is 6.18 Å². The number of nitrogens with one attached hydrogen (secondary N) is 2. The minimum atomic E-state index is -4.58. The van der Waals surface area contributed by atoms with Crippen molar-refractivity contribution in [1.29, 1.82) is 0 Å². The number of alkyl halides is 3. The summed E-state index contributed by atoms with van der Waals surface area (Å²) >= 11 is 6.08. The second kappa shape index (κ2) is 8.30. The SMILES string of the molecule is COc1cc(NC(=O)c2cnn3c2N[C@@H](c2ccco2)C[C@@H]3C(F)(F)F)c(OC)cc1Cl. The molecule has 1 aliphatic heterocycles. The largest absolute Gasteiger partial charge is 0.495 e. The molecule has 4 rings (SSSR count). The summed E-state index contributed by atoms with van der Waals surface area (Å²) < 4.78 is 57.7. The highest BCUT2D eigenvalue weighted by Gasteiger charge is 2.47. The third-order valence-electron chi connectivity index (χ3n) is 5.09. The van der Waals surface area contributed by atoms with Gasteiger partial charge in [0.05, 0.1) is 43.4 Å². The molecular formula is C20H18ClF3N4O4. The lowest BCUT2D eigenvalue weighted by Gasteiger charge is -2.32. The first-order chi connectivity index (χ1) is 15.2. The summed E-state index contributed by atoms with van der Waals surface area (Å²) in [4.78, 5) is 13.0. The smallest absolute Gasteiger partial charge is 0.410 e. The summed E-state index contributed by atoms with van der Waals surface area (Å²) in [7, 11) is 2.79. The molecule has 1 amide bonds. The number of carbonyl (C=O) groups is 1. The molecule has 0 unspecified atom stereocenters. The number of hydrogen-bond acceptors (Lipinski definition) is 6. The predicted molar refractivity (Wildman–Crippen MR) is 110 cm³/mol. The van der Waals surface area contributed by atoms with Crippen molar-refractivity contribution in [3.05, 3.63) is 53.1 Å². The van der Waals surface area contributed by atoms with Crippen LogP contribution in [0.15, 0.2) is 41.1 Å². The van der Waals surface area contributed by atoms with E-state index in [2.05, 4.69) is 15.7 Å². The summed E-state index contributed by atoms with van der Waals surface area (Å²) in [5.41, 5.74) is 0.149. The van der Waals surface area contributed by atoms with E-state index in [1.807, 2.05) is 0 Å². The van der Waals surface area contributed by atoms with E-state index >= 15 is 0 Å². The summed E-state index contributed by atoms with van der Waals surface area (Å²) in [5, 5.41) is 9.67. The van der Waals surface area contributed by atoms with Gasteiger partial charge in [-0.15, -0.1) is 0 Å². The van der Waals surface area contributed by atoms with Gasteiger partial charge in [-0.1, -0.05) is 11.6 Å². The molecule has 2 aromatic heterocycles. The van der Waals surface area contributed by atoms with Crippen LogP contribution in [0, 0.1) is 0 Å². The average Bonchev–Trinajstić information content (AvgIpc) is 3.43. The van der Waals surface area contributed by atoms with Crippen molar-refractivity contribution >= 4 is 29.0 Å². The van der Waals surface area contributed by atoms with Gasteiger partial charge in [-0.25, -0.2) is 4.68 Å². The Morgan fingerprint density at radius 3 is 2.69 bits per heavy atom. The van der Waals surface area contributed by atoms with Gasteiger partial charge < -0.3 is 24.5 Å². The van der Waals surface area contributed by atoms with Crippen LogP contribution in [-0.2, 0) is 0 Å². The van der Waals surface area contributed by atoms with E-state index in [1.165, 1.54) is 32.6 Å². The Bertz CT molecular complexity index is 1130. The number of carbonyl (C=O) groups excluding carboxylic acids is 1. The summed E-state index contributed by atoms with van der Waals surface area (Å²) in [6.07, 6.45) is -2.46. The quantitative estimate of drug-likeness (QED) is 0.541. The lowest BCUT2D eigenvalue weighted by molar-refractivity contribution is -0.174. The Labute approximate surface area is 185 Å². The number of ether oxygens (including phenoxy) is 2. The van der Waals surface area contributed by atoms with E-state index in [0.29, 0.717) is 5.76 Å². The minimum Gasteiger partial charge on any atom is -0.495 e. The zero-order valence-electron chi connectivity index (χ0n) is 16.9. The predicted octanol–water partition coefficient (Wildman–Crippen LogP) is 5.06. The molecule has 0 radical (unpaired) electrons. The lowest BCUT2D eigenvalue weighted by atomic mass is 10.0. The van der Waals surface area contributed by atoms with Gasteiger partial charge in [0.15, 0.2) is 6.04 Å². The lowest BCUT2D eigenvalue weighted by Crippen LogP contribution is -2.36. The van der Waals surface area contributed by atoms with Gasteiger partial charge in [0.2, 0.25) is 0 Å². The van der Waals surface area contributed by atoms with Crippen LogP contribution in [0.25, 0.3) is 0 Å². The van der Waals surface area contributed by atoms with Gasteiger partial charge in [0.25, 0.3) is 5.91 Å². The highest BCUT2D eigenvalue weighted by Crippen LogP contribution is 2.44. The topological polar surface area (TPSA) is 90.5 Å². The van der Waals surface area contributed by atoms with E-state index in [-0.39, 0.29) is 40.0 Å². The fourth-order valence-electron chi connectivity index (χ4n) is 3.55. The maximum atomic E-state index is 13.7. The van der Waals surface area contributed by atoms with Crippen LogP contribution in [0.4, 0.5) is 24.7 Å². The zero-order valence-corrected chi connectivity index (χ0v) is 17.6. The molecular weight excluding hydrogens is 453 g/mol. The van der Waals surface area contributed by atoms with Crippen LogP contribution in [-0.4, -0.2) is 36.1 Å². The van der Waals surface area contributed by atoms with E-state index in [9.17, 15) is 18.0 Å². The number of methoxy groups -OCH3 is 2. The monoisotopic (exact) mass is 470 g/mol. The molecule has 3 heterocycles. The number of fused-ring (bicyclic) bond motifs is 1. The highest BCUT2D eigenvalue weighted by atomic mass is 35.5. The summed E-state index contributed by atoms with van der Waals surface area (Å²) in [6.45, 7) is 0. The number of anilines is 2. The molecule has 0 fully saturated rings. The van der Waals surface area contributed by atoms with Gasteiger partial charge in [0, 0.05) is 18.6 Å². The van der Waals surface area contributed by atoms with Gasteiger partial charge in [-0.05, 0) is 12.1 Å². The average molecular weight is 471 g/mol. The Morgan fingerprint density at radius 2 is 2.06 bits per heavy atom. The highest BCUT2D eigenvalue weighted by molar-refractivity contribution is 6.32. The van der Waals surface area contributed by atoms with Crippen molar-refractivity contribution in [2.24, 2.45) is 0 Å². The molecule has 0 saturated carbocycles. The van der Waals surface area contributed by atoms with Crippen LogP contribution in [0.5, 0.6) is 11.5 Å². The number of furan rings is 1. The fourth-order valence-corrected chi connectivity index (χ4v) is 3.78. The minimum absolute atomic E-state index is 0.0719.